The van der Waals surface area contributed by atoms with Gasteiger partial charge in [0.2, 0.25) is 0 Å². The first-order valence-electron chi connectivity index (χ1n) is 9.05. The number of ether oxygens (including phenoxy) is 3. The fraction of sp³-hybridized carbons (Fsp3) is 0.684. The summed E-state index contributed by atoms with van der Waals surface area (Å²) in [7, 11) is 3.84. The van der Waals surface area contributed by atoms with Gasteiger partial charge in [0.15, 0.2) is 11.5 Å². The minimum Gasteiger partial charge on any atom is -0.493 e. The predicted octanol–water partition coefficient (Wildman–Crippen LogP) is 1.25. The monoisotopic (exact) mass is 329 g/mol. The highest BCUT2D eigenvalue weighted by Gasteiger charge is 2.75. The summed E-state index contributed by atoms with van der Waals surface area (Å²) in [6.07, 6.45) is 3.80. The summed E-state index contributed by atoms with van der Waals surface area (Å²) in [6, 6.07) is 4.34. The van der Waals surface area contributed by atoms with Gasteiger partial charge in [-0.05, 0) is 50.9 Å². The summed E-state index contributed by atoms with van der Waals surface area (Å²) in [4.78, 5) is 2.35. The Bertz CT molecular complexity index is 751. The van der Waals surface area contributed by atoms with Crippen LogP contribution in [0.25, 0.3) is 0 Å². The molecule has 1 spiro atoms. The molecule has 0 aromatic heterocycles. The van der Waals surface area contributed by atoms with E-state index in [-0.39, 0.29) is 29.8 Å². The standard InChI is InChI=1S/C19H23NO4/c1-20-8-7-18-14-10-3-4-11(22-2)15(14)24-17(18)16-12(23-16)5-6-19(18,21)13(20)9-10/h3-4,12-13,16-17,21H,5-9H2,1-2H3/t12?,13-,16?,17+,18?,19-/m1/s1. The quantitative estimate of drug-likeness (QED) is 0.786. The molecule has 1 saturated carbocycles. The number of epoxide rings is 1. The maximum absolute atomic E-state index is 12.0. The highest BCUT2D eigenvalue weighted by molar-refractivity contribution is 5.63. The Morgan fingerprint density at radius 3 is 3.04 bits per heavy atom. The Labute approximate surface area is 141 Å². The number of methoxy groups -OCH3 is 1. The van der Waals surface area contributed by atoms with Crippen LogP contribution in [-0.4, -0.2) is 60.7 Å². The maximum Gasteiger partial charge on any atom is 0.166 e. The second-order valence-electron chi connectivity index (χ2n) is 8.19. The van der Waals surface area contributed by atoms with Gasteiger partial charge in [0.1, 0.15) is 12.2 Å². The molecule has 2 bridgehead atoms. The molecule has 3 aliphatic heterocycles. The van der Waals surface area contributed by atoms with Gasteiger partial charge in [-0.1, -0.05) is 6.07 Å². The molecule has 1 aromatic rings. The van der Waals surface area contributed by atoms with Gasteiger partial charge in [0.25, 0.3) is 0 Å². The van der Waals surface area contributed by atoms with Crippen LogP contribution in [0.15, 0.2) is 12.1 Å². The Kier molecular flexibility index (Phi) is 2.37. The lowest BCUT2D eigenvalue weighted by Crippen LogP contribution is -2.73. The Morgan fingerprint density at radius 1 is 1.33 bits per heavy atom. The van der Waals surface area contributed by atoms with Gasteiger partial charge >= 0.3 is 0 Å². The third-order valence-corrected chi connectivity index (χ3v) is 7.46. The van der Waals surface area contributed by atoms with Crippen LogP contribution < -0.4 is 9.47 Å². The molecular weight excluding hydrogens is 306 g/mol. The van der Waals surface area contributed by atoms with E-state index < -0.39 is 5.60 Å². The van der Waals surface area contributed by atoms with E-state index in [1.165, 1.54) is 11.1 Å². The molecule has 2 aliphatic carbocycles. The molecule has 0 radical (unpaired) electrons. The van der Waals surface area contributed by atoms with E-state index in [1.807, 2.05) is 6.07 Å². The first kappa shape index (κ1) is 13.9. The fourth-order valence-corrected chi connectivity index (χ4v) is 6.32. The van der Waals surface area contributed by atoms with Crippen LogP contribution in [0.5, 0.6) is 11.5 Å². The molecule has 2 saturated heterocycles. The molecule has 5 aliphatic rings. The normalized spacial score (nSPS) is 47.3. The van der Waals surface area contributed by atoms with Crippen molar-refractivity contribution >= 4 is 0 Å². The van der Waals surface area contributed by atoms with Crippen molar-refractivity contribution in [2.24, 2.45) is 0 Å². The number of likely N-dealkylation sites (N-methyl/N-ethyl adjacent to an activating group) is 1. The summed E-state index contributed by atoms with van der Waals surface area (Å²) in [5.74, 6) is 1.64. The number of aliphatic hydroxyl groups is 1. The zero-order chi connectivity index (χ0) is 16.3. The summed E-state index contributed by atoms with van der Waals surface area (Å²) < 4.78 is 18.1. The lowest BCUT2D eigenvalue weighted by atomic mass is 9.52. The smallest absolute Gasteiger partial charge is 0.166 e. The van der Waals surface area contributed by atoms with Crippen molar-refractivity contribution in [1.82, 2.24) is 4.90 Å². The van der Waals surface area contributed by atoms with E-state index in [0.29, 0.717) is 0 Å². The van der Waals surface area contributed by atoms with Crippen LogP contribution in [-0.2, 0) is 16.6 Å². The molecule has 5 nitrogen and oxygen atoms in total. The van der Waals surface area contributed by atoms with Gasteiger partial charge in [0, 0.05) is 11.6 Å². The van der Waals surface area contributed by atoms with E-state index in [2.05, 4.69) is 18.0 Å². The molecular formula is C19H23NO4. The van der Waals surface area contributed by atoms with Crippen molar-refractivity contribution < 1.29 is 19.3 Å². The number of fused-ring (bicyclic) bond motifs is 2. The summed E-state index contributed by atoms with van der Waals surface area (Å²) in [5, 5.41) is 12.0. The lowest BCUT2D eigenvalue weighted by molar-refractivity contribution is -0.165. The van der Waals surface area contributed by atoms with E-state index in [1.54, 1.807) is 7.11 Å². The summed E-state index contributed by atoms with van der Waals surface area (Å²) in [5.41, 5.74) is 1.44. The minimum atomic E-state index is -0.744. The average molecular weight is 329 g/mol. The number of piperidine rings is 1. The first-order chi connectivity index (χ1) is 11.6. The number of nitrogens with zero attached hydrogens (tertiary/aromatic N) is 1. The second kappa shape index (κ2) is 4.09. The number of likely N-dealkylation sites (tertiary alicyclic amines) is 1. The van der Waals surface area contributed by atoms with Crippen LogP contribution in [0, 0.1) is 0 Å². The highest BCUT2D eigenvalue weighted by Crippen LogP contribution is 2.66. The second-order valence-corrected chi connectivity index (χ2v) is 8.19. The van der Waals surface area contributed by atoms with Crippen molar-refractivity contribution in [2.75, 3.05) is 20.7 Å². The predicted molar refractivity (Wildman–Crippen MR) is 86.7 cm³/mol. The zero-order valence-electron chi connectivity index (χ0n) is 14.1. The molecule has 0 amide bonds. The molecule has 6 atom stereocenters. The van der Waals surface area contributed by atoms with E-state index in [9.17, 15) is 5.11 Å². The largest absolute Gasteiger partial charge is 0.493 e. The van der Waals surface area contributed by atoms with Crippen LogP contribution in [0.4, 0.5) is 0 Å². The molecule has 1 N–H and O–H groups in total. The third-order valence-electron chi connectivity index (χ3n) is 7.46. The Balaban J connectivity index is 1.68. The molecule has 3 heterocycles. The Hall–Kier alpha value is -1.30. The third kappa shape index (κ3) is 1.30. The number of hydrogen-bond donors (Lipinski definition) is 1. The van der Waals surface area contributed by atoms with Crippen LogP contribution >= 0.6 is 0 Å². The average Bonchev–Trinajstić information content (AvgIpc) is 3.27. The van der Waals surface area contributed by atoms with Gasteiger partial charge in [-0.15, -0.1) is 0 Å². The van der Waals surface area contributed by atoms with Gasteiger partial charge in [-0.3, -0.25) is 0 Å². The number of rotatable bonds is 1. The highest BCUT2D eigenvalue weighted by atomic mass is 16.6. The van der Waals surface area contributed by atoms with Crippen molar-refractivity contribution in [3.8, 4) is 11.5 Å². The SMILES string of the molecule is COc1ccc2c3c1O[C@H]1C4OC4CC[C@@]4(O)[C@@H](C2)N(C)CCC314. The van der Waals surface area contributed by atoms with Crippen LogP contribution in [0.1, 0.15) is 30.4 Å². The maximum atomic E-state index is 12.0. The lowest BCUT2D eigenvalue weighted by Gasteiger charge is -2.60. The van der Waals surface area contributed by atoms with Crippen molar-refractivity contribution in [2.45, 2.75) is 61.1 Å². The summed E-state index contributed by atoms with van der Waals surface area (Å²) >= 11 is 0. The van der Waals surface area contributed by atoms with Crippen molar-refractivity contribution in [3.05, 3.63) is 23.3 Å². The van der Waals surface area contributed by atoms with Crippen molar-refractivity contribution in [3.63, 3.8) is 0 Å². The van der Waals surface area contributed by atoms with Gasteiger partial charge in [-0.25, -0.2) is 0 Å². The molecule has 128 valence electrons. The molecule has 1 aromatic carbocycles. The topological polar surface area (TPSA) is 54.5 Å². The summed E-state index contributed by atoms with van der Waals surface area (Å²) in [6.45, 7) is 0.986. The number of hydrogen-bond acceptors (Lipinski definition) is 5. The number of benzene rings is 1. The molecule has 5 heteroatoms. The molecule has 3 fully saturated rings. The zero-order valence-corrected chi connectivity index (χ0v) is 14.1. The van der Waals surface area contributed by atoms with E-state index in [0.717, 1.165) is 43.7 Å². The first-order valence-corrected chi connectivity index (χ1v) is 9.05. The van der Waals surface area contributed by atoms with Gasteiger partial charge < -0.3 is 24.2 Å². The van der Waals surface area contributed by atoms with Crippen LogP contribution in [0.2, 0.25) is 0 Å². The van der Waals surface area contributed by atoms with Crippen molar-refractivity contribution in [1.29, 1.82) is 0 Å². The van der Waals surface area contributed by atoms with Gasteiger partial charge in [0.05, 0.1) is 24.2 Å². The molecule has 3 unspecified atom stereocenters. The Morgan fingerprint density at radius 2 is 2.21 bits per heavy atom. The molecule has 24 heavy (non-hydrogen) atoms. The minimum absolute atomic E-state index is 0.0865. The van der Waals surface area contributed by atoms with E-state index >= 15 is 0 Å². The molecule has 6 rings (SSSR count). The van der Waals surface area contributed by atoms with Gasteiger partial charge in [-0.2, -0.15) is 0 Å². The van der Waals surface area contributed by atoms with Crippen LogP contribution in [0.3, 0.4) is 0 Å². The van der Waals surface area contributed by atoms with E-state index in [4.69, 9.17) is 14.2 Å². The fourth-order valence-electron chi connectivity index (χ4n) is 6.32.